The molecule has 0 saturated carbocycles. The van der Waals surface area contributed by atoms with E-state index in [1.54, 1.807) is 5.56 Å². The molecule has 0 spiro atoms. The van der Waals surface area contributed by atoms with Crippen LogP contribution in [-0.4, -0.2) is 29.9 Å². The number of aromatic amines is 1. The molecule has 0 aliphatic heterocycles. The highest BCUT2D eigenvalue weighted by Crippen LogP contribution is 2.37. The minimum atomic E-state index is 0.529. The molecule has 0 amide bonds. The van der Waals surface area contributed by atoms with Crippen molar-refractivity contribution in [1.82, 2.24) is 29.9 Å². The fourth-order valence-corrected chi connectivity index (χ4v) is 4.83. The molecule has 1 aliphatic rings. The van der Waals surface area contributed by atoms with Gasteiger partial charge in [-0.3, -0.25) is 4.98 Å². The first-order chi connectivity index (χ1) is 15.1. The first-order valence-corrected chi connectivity index (χ1v) is 11.1. The van der Waals surface area contributed by atoms with E-state index in [4.69, 9.17) is 0 Å². The number of imidazole rings is 1. The van der Waals surface area contributed by atoms with Crippen LogP contribution in [0.2, 0.25) is 0 Å². The Hall–Kier alpha value is -3.28. The molecule has 0 unspecified atom stereocenters. The summed E-state index contributed by atoms with van der Waals surface area (Å²) in [5.41, 5.74) is 9.06. The van der Waals surface area contributed by atoms with Gasteiger partial charge in [0.05, 0.1) is 17.7 Å². The summed E-state index contributed by atoms with van der Waals surface area (Å²) in [6.45, 7) is 7.48. The number of aromatic nitrogens is 6. The van der Waals surface area contributed by atoms with Crippen LogP contribution in [0.4, 0.5) is 0 Å². The Bertz CT molecular complexity index is 1200. The van der Waals surface area contributed by atoms with E-state index < -0.39 is 0 Å². The van der Waals surface area contributed by atoms with Gasteiger partial charge in [-0.1, -0.05) is 32.0 Å². The van der Waals surface area contributed by atoms with Crippen LogP contribution in [0.25, 0.3) is 22.6 Å². The Morgan fingerprint density at radius 3 is 2.84 bits per heavy atom. The molecule has 0 radical (unpaired) electrons. The van der Waals surface area contributed by atoms with Crippen molar-refractivity contribution in [3.8, 4) is 22.6 Å². The Kier molecular flexibility index (Phi) is 5.14. The molecule has 3 aromatic heterocycles. The lowest BCUT2D eigenvalue weighted by Gasteiger charge is -2.28. The molecule has 4 aromatic rings. The van der Waals surface area contributed by atoms with Gasteiger partial charge in [0.1, 0.15) is 11.4 Å². The topological polar surface area (TPSA) is 72.3 Å². The van der Waals surface area contributed by atoms with Crippen LogP contribution in [0.1, 0.15) is 60.9 Å². The summed E-state index contributed by atoms with van der Waals surface area (Å²) < 4.78 is 2.22. The Labute approximate surface area is 182 Å². The first kappa shape index (κ1) is 19.7. The maximum Gasteiger partial charge on any atom is 0.115 e. The molecule has 158 valence electrons. The fourth-order valence-electron chi connectivity index (χ4n) is 4.83. The summed E-state index contributed by atoms with van der Waals surface area (Å²) >= 11 is 0. The minimum Gasteiger partial charge on any atom is -0.336 e. The second kappa shape index (κ2) is 8.10. The highest BCUT2D eigenvalue weighted by atomic mass is 15.3. The molecular weight excluding hydrogens is 384 g/mol. The van der Waals surface area contributed by atoms with Gasteiger partial charge < -0.3 is 4.57 Å². The lowest BCUT2D eigenvalue weighted by atomic mass is 9.78. The van der Waals surface area contributed by atoms with E-state index in [1.165, 1.54) is 30.4 Å². The van der Waals surface area contributed by atoms with E-state index in [0.717, 1.165) is 34.9 Å². The predicted octanol–water partition coefficient (Wildman–Crippen LogP) is 5.28. The molecule has 6 nitrogen and oxygen atoms in total. The molecule has 5 rings (SSSR count). The first-order valence-electron chi connectivity index (χ1n) is 11.1. The van der Waals surface area contributed by atoms with E-state index >= 15 is 0 Å². The number of H-pyrrole nitrogens is 1. The number of aryl methyl sites for hydroxylation is 1. The number of hydrogen-bond donors (Lipinski definition) is 1. The van der Waals surface area contributed by atoms with Crippen LogP contribution in [0.15, 0.2) is 49.1 Å². The normalized spacial score (nSPS) is 15.9. The third kappa shape index (κ3) is 3.78. The van der Waals surface area contributed by atoms with Crippen molar-refractivity contribution in [2.45, 2.75) is 58.4 Å². The number of fused-ring (bicyclic) bond motifs is 1. The highest BCUT2D eigenvalue weighted by Gasteiger charge is 2.23. The van der Waals surface area contributed by atoms with Crippen molar-refractivity contribution in [2.24, 2.45) is 0 Å². The zero-order valence-electron chi connectivity index (χ0n) is 18.3. The zero-order valence-corrected chi connectivity index (χ0v) is 18.3. The molecule has 6 heteroatoms. The van der Waals surface area contributed by atoms with Gasteiger partial charge >= 0.3 is 0 Å². The average molecular weight is 413 g/mol. The summed E-state index contributed by atoms with van der Waals surface area (Å²) in [5.74, 6) is 1.10. The number of rotatable bonds is 5. The van der Waals surface area contributed by atoms with Gasteiger partial charge in [-0.05, 0) is 60.9 Å². The van der Waals surface area contributed by atoms with Crippen molar-refractivity contribution in [3.05, 3.63) is 71.4 Å². The van der Waals surface area contributed by atoms with Crippen molar-refractivity contribution < 1.29 is 0 Å². The molecule has 1 N–H and O–H groups in total. The van der Waals surface area contributed by atoms with Gasteiger partial charge in [-0.2, -0.15) is 15.4 Å². The third-order valence-electron chi connectivity index (χ3n) is 6.37. The van der Waals surface area contributed by atoms with Crippen LogP contribution < -0.4 is 0 Å². The summed E-state index contributed by atoms with van der Waals surface area (Å²) in [6, 6.07) is 10.8. The monoisotopic (exact) mass is 412 g/mol. The van der Waals surface area contributed by atoms with Crippen LogP contribution >= 0.6 is 0 Å². The largest absolute Gasteiger partial charge is 0.336 e. The van der Waals surface area contributed by atoms with Crippen LogP contribution in [0.3, 0.4) is 0 Å². The number of benzene rings is 1. The van der Waals surface area contributed by atoms with E-state index in [0.29, 0.717) is 11.8 Å². The van der Waals surface area contributed by atoms with E-state index in [2.05, 4.69) is 68.2 Å². The highest BCUT2D eigenvalue weighted by molar-refractivity contribution is 5.67. The lowest BCUT2D eigenvalue weighted by molar-refractivity contribution is 0.480. The van der Waals surface area contributed by atoms with E-state index in [-0.39, 0.29) is 0 Å². The van der Waals surface area contributed by atoms with Crippen molar-refractivity contribution in [2.75, 3.05) is 0 Å². The Morgan fingerprint density at radius 1 is 1.13 bits per heavy atom. The van der Waals surface area contributed by atoms with Crippen molar-refractivity contribution in [1.29, 1.82) is 0 Å². The Balaban J connectivity index is 1.40. The van der Waals surface area contributed by atoms with Gasteiger partial charge in [0.2, 0.25) is 0 Å². The average Bonchev–Trinajstić information content (AvgIpc) is 3.42. The molecule has 0 saturated heterocycles. The molecule has 31 heavy (non-hydrogen) atoms. The Morgan fingerprint density at radius 2 is 2.03 bits per heavy atom. The zero-order chi connectivity index (χ0) is 21.4. The van der Waals surface area contributed by atoms with Gasteiger partial charge in [0, 0.05) is 30.4 Å². The number of pyridine rings is 1. The second-order valence-corrected chi connectivity index (χ2v) is 8.80. The van der Waals surface area contributed by atoms with Crippen molar-refractivity contribution >= 4 is 0 Å². The maximum absolute atomic E-state index is 4.66. The second-order valence-electron chi connectivity index (χ2n) is 8.80. The van der Waals surface area contributed by atoms with Crippen LogP contribution in [0, 0.1) is 6.92 Å². The lowest BCUT2D eigenvalue weighted by Crippen LogP contribution is -2.16. The van der Waals surface area contributed by atoms with E-state index in [1.807, 2.05) is 31.6 Å². The molecule has 1 aliphatic carbocycles. The fraction of sp³-hybridized carbons (Fsp3) is 0.360. The van der Waals surface area contributed by atoms with Crippen LogP contribution in [0.5, 0.6) is 0 Å². The van der Waals surface area contributed by atoms with Gasteiger partial charge in [-0.25, -0.2) is 4.98 Å². The molecule has 0 bridgehead atoms. The minimum absolute atomic E-state index is 0.529. The molecule has 3 heterocycles. The SMILES string of the molecule is Cc1n[nH]nc1-c1ccnc(-c2cn(C[C@@H]3CCCc4c(C(C)C)cccc43)cn2)c1. The summed E-state index contributed by atoms with van der Waals surface area (Å²) in [6.07, 6.45) is 9.54. The summed E-state index contributed by atoms with van der Waals surface area (Å²) in [7, 11) is 0. The van der Waals surface area contributed by atoms with Gasteiger partial charge in [0.25, 0.3) is 0 Å². The molecule has 1 aromatic carbocycles. The quantitative estimate of drug-likeness (QED) is 0.484. The molecular formula is C25H28N6. The van der Waals surface area contributed by atoms with Gasteiger partial charge in [-0.15, -0.1) is 0 Å². The number of nitrogens with one attached hydrogen (secondary N) is 1. The number of hydrogen-bond acceptors (Lipinski definition) is 4. The third-order valence-corrected chi connectivity index (χ3v) is 6.37. The summed E-state index contributed by atoms with van der Waals surface area (Å²) in [5, 5.41) is 11.1. The summed E-state index contributed by atoms with van der Waals surface area (Å²) in [4.78, 5) is 9.20. The van der Waals surface area contributed by atoms with E-state index in [9.17, 15) is 0 Å². The van der Waals surface area contributed by atoms with Crippen LogP contribution in [-0.2, 0) is 13.0 Å². The number of nitrogens with zero attached hydrogens (tertiary/aromatic N) is 5. The van der Waals surface area contributed by atoms with Crippen molar-refractivity contribution in [3.63, 3.8) is 0 Å². The smallest absolute Gasteiger partial charge is 0.115 e. The standard InChI is InChI=1S/C25H28N6/c1-16(2)20-7-5-8-21-19(6-4-9-22(20)21)13-31-14-24(27-15-31)23-12-18(10-11-26-23)25-17(3)28-30-29-25/h5,7-8,10-12,14-16,19H,4,6,9,13H2,1-3H3,(H,28,29,30)/t19-/m0/s1. The molecule has 1 atom stereocenters. The maximum atomic E-state index is 4.66. The molecule has 0 fully saturated rings. The van der Waals surface area contributed by atoms with Gasteiger partial charge in [0.15, 0.2) is 0 Å². The predicted molar refractivity (Wildman–Crippen MR) is 122 cm³/mol.